The third kappa shape index (κ3) is 7.77. The van der Waals surface area contributed by atoms with Gasteiger partial charge >= 0.3 is 0 Å². The first-order chi connectivity index (χ1) is 11.9. The molecule has 0 saturated carbocycles. The van der Waals surface area contributed by atoms with Crippen LogP contribution in [0.1, 0.15) is 103 Å². The van der Waals surface area contributed by atoms with Crippen LogP contribution in [-0.2, 0) is 0 Å². The van der Waals surface area contributed by atoms with Crippen LogP contribution < -0.4 is 0 Å². The third-order valence-electron chi connectivity index (χ3n) is 5.71. The molecule has 0 aliphatic heterocycles. The van der Waals surface area contributed by atoms with Crippen LogP contribution in [0.15, 0.2) is 24.3 Å². The fourth-order valence-corrected chi connectivity index (χ4v) is 4.17. The van der Waals surface area contributed by atoms with Crippen molar-refractivity contribution in [2.75, 3.05) is 0 Å². The maximum atomic E-state index is 11.0. The lowest BCUT2D eigenvalue weighted by atomic mass is 9.97. The van der Waals surface area contributed by atoms with Crippen LogP contribution in [0.3, 0.4) is 0 Å². The maximum Gasteiger partial charge on any atom is 0.141 e. The maximum absolute atomic E-state index is 11.0. The van der Waals surface area contributed by atoms with E-state index in [9.17, 15) is 5.53 Å². The van der Waals surface area contributed by atoms with E-state index in [1.807, 2.05) is 4.70 Å². The van der Waals surface area contributed by atoms with Crippen molar-refractivity contribution < 1.29 is 4.70 Å². The summed E-state index contributed by atoms with van der Waals surface area (Å²) in [6, 6.07) is 0.754. The molecule has 0 aromatic heterocycles. The van der Waals surface area contributed by atoms with E-state index in [1.54, 1.807) is 0 Å². The van der Waals surface area contributed by atoms with E-state index < -0.39 is 0 Å². The quantitative estimate of drug-likeness (QED) is 0.292. The molecule has 2 aliphatic rings. The summed E-state index contributed by atoms with van der Waals surface area (Å²) in [7, 11) is 0. The van der Waals surface area contributed by atoms with Gasteiger partial charge < -0.3 is 10.2 Å². The second-order valence-electron chi connectivity index (χ2n) is 7.77. The molecule has 0 fully saturated rings. The lowest BCUT2D eigenvalue weighted by Gasteiger charge is -2.26. The van der Waals surface area contributed by atoms with Gasteiger partial charge in [0.25, 0.3) is 0 Å². The van der Waals surface area contributed by atoms with Crippen molar-refractivity contribution in [3.63, 3.8) is 0 Å². The summed E-state index contributed by atoms with van der Waals surface area (Å²) < 4.78 is 1.81. The van der Waals surface area contributed by atoms with E-state index in [1.165, 1.54) is 89.9 Å². The van der Waals surface area contributed by atoms with Gasteiger partial charge in [-0.3, -0.25) is 0 Å². The Bertz CT molecular complexity index is 361. The third-order valence-corrected chi connectivity index (χ3v) is 5.71. The smallest absolute Gasteiger partial charge is 0.141 e. The largest absolute Gasteiger partial charge is 0.506 e. The highest BCUT2D eigenvalue weighted by Crippen LogP contribution is 2.23. The van der Waals surface area contributed by atoms with Crippen molar-refractivity contribution in [3.8, 4) is 0 Å². The number of rotatable bonds is 2. The van der Waals surface area contributed by atoms with E-state index in [4.69, 9.17) is 0 Å². The highest BCUT2D eigenvalue weighted by atomic mass is 15.2. The molecule has 0 N–H and O–H groups in total. The van der Waals surface area contributed by atoms with Crippen LogP contribution in [0, 0.1) is 0 Å². The van der Waals surface area contributed by atoms with Gasteiger partial charge in [0, 0.05) is 25.7 Å². The lowest BCUT2D eigenvalue weighted by Crippen LogP contribution is -2.33. The zero-order valence-corrected chi connectivity index (χ0v) is 15.7. The standard InChI is InChI=1S/C22H38N2/c23-24(21-17-13-9-5-1-2-6-10-14-18-21)22-19-15-11-7-3-4-8-12-16-20-22/h1,3,5,7,21-22H,2,4,6,8-20H2. The van der Waals surface area contributed by atoms with Gasteiger partial charge in [-0.2, -0.15) is 0 Å². The zero-order valence-electron chi connectivity index (χ0n) is 15.7. The van der Waals surface area contributed by atoms with Crippen LogP contribution in [0.2, 0.25) is 0 Å². The summed E-state index contributed by atoms with van der Waals surface area (Å²) >= 11 is 0. The molecule has 0 amide bonds. The molecule has 2 heteroatoms. The number of nitrogens with zero attached hydrogens (tertiary/aromatic N) is 2. The molecule has 2 unspecified atom stereocenters. The van der Waals surface area contributed by atoms with Crippen LogP contribution in [0.25, 0.3) is 5.53 Å². The van der Waals surface area contributed by atoms with Gasteiger partial charge in [0.05, 0.1) is 0 Å². The molecule has 2 atom stereocenters. The fraction of sp³-hybridized carbons (Fsp3) is 0.818. The molecule has 0 saturated heterocycles. The van der Waals surface area contributed by atoms with Crippen LogP contribution in [0.5, 0.6) is 0 Å². The molecule has 0 heterocycles. The van der Waals surface area contributed by atoms with Crippen molar-refractivity contribution in [3.05, 3.63) is 29.8 Å². The van der Waals surface area contributed by atoms with E-state index in [-0.39, 0.29) is 0 Å². The van der Waals surface area contributed by atoms with Crippen molar-refractivity contribution in [2.45, 2.75) is 115 Å². The molecule has 0 spiro atoms. The minimum absolute atomic E-state index is 0.377. The topological polar surface area (TPSA) is 25.3 Å². The normalized spacial score (nSPS) is 28.5. The summed E-state index contributed by atoms with van der Waals surface area (Å²) in [4.78, 5) is 0. The first kappa shape index (κ1) is 19.4. The summed E-state index contributed by atoms with van der Waals surface area (Å²) in [5.74, 6) is 0. The molecule has 136 valence electrons. The Morgan fingerprint density at radius 1 is 0.500 bits per heavy atom. The predicted octanol–water partition coefficient (Wildman–Crippen LogP) is 7.14. The van der Waals surface area contributed by atoms with Crippen molar-refractivity contribution in [1.82, 2.24) is 0 Å². The van der Waals surface area contributed by atoms with Gasteiger partial charge in [-0.05, 0) is 64.2 Å². The van der Waals surface area contributed by atoms with Crippen molar-refractivity contribution in [2.24, 2.45) is 0 Å². The number of hydrogen-bond donors (Lipinski definition) is 0. The lowest BCUT2D eigenvalue weighted by molar-refractivity contribution is -0.624. The van der Waals surface area contributed by atoms with Gasteiger partial charge in [0.15, 0.2) is 0 Å². The second-order valence-corrected chi connectivity index (χ2v) is 7.77. The minimum Gasteiger partial charge on any atom is -0.506 e. The predicted molar refractivity (Wildman–Crippen MR) is 103 cm³/mol. The molecule has 2 nitrogen and oxygen atoms in total. The SMILES string of the molecule is [N-]=[N+](C1CCCC=CCCCCC1)C1CCCC=CCCCCC1. The summed E-state index contributed by atoms with van der Waals surface area (Å²) in [5.41, 5.74) is 11.0. The van der Waals surface area contributed by atoms with Gasteiger partial charge in [-0.1, -0.05) is 37.1 Å². The summed E-state index contributed by atoms with van der Waals surface area (Å²) in [5, 5.41) is 0. The molecule has 2 aliphatic carbocycles. The van der Waals surface area contributed by atoms with E-state index in [2.05, 4.69) is 24.3 Å². The summed E-state index contributed by atoms with van der Waals surface area (Å²) in [6.07, 6.45) is 29.1. The number of hydrogen-bond acceptors (Lipinski definition) is 0. The molecular formula is C22H38N2. The average Bonchev–Trinajstić information content (AvgIpc) is 2.70. The first-order valence-corrected chi connectivity index (χ1v) is 10.6. The molecule has 0 bridgehead atoms. The molecule has 2 rings (SSSR count). The van der Waals surface area contributed by atoms with Crippen molar-refractivity contribution in [1.29, 1.82) is 0 Å². The summed E-state index contributed by atoms with van der Waals surface area (Å²) in [6.45, 7) is 0. The van der Waals surface area contributed by atoms with Crippen LogP contribution >= 0.6 is 0 Å². The van der Waals surface area contributed by atoms with Gasteiger partial charge in [-0.15, -0.1) is 0 Å². The van der Waals surface area contributed by atoms with Gasteiger partial charge in [-0.25, -0.2) is 0 Å². The zero-order chi connectivity index (χ0) is 16.9. The Kier molecular flexibility index (Phi) is 10.1. The Balaban J connectivity index is 1.90. The monoisotopic (exact) mass is 330 g/mol. The van der Waals surface area contributed by atoms with Crippen LogP contribution in [-0.4, -0.2) is 16.8 Å². The number of allylic oxidation sites excluding steroid dienone is 4. The molecule has 24 heavy (non-hydrogen) atoms. The van der Waals surface area contributed by atoms with Crippen LogP contribution in [0.4, 0.5) is 0 Å². The Labute approximate surface area is 149 Å². The van der Waals surface area contributed by atoms with Gasteiger partial charge in [0.2, 0.25) is 0 Å². The van der Waals surface area contributed by atoms with E-state index in [0.29, 0.717) is 12.1 Å². The minimum atomic E-state index is 0.377. The first-order valence-electron chi connectivity index (χ1n) is 10.6. The Morgan fingerprint density at radius 2 is 0.875 bits per heavy atom. The van der Waals surface area contributed by atoms with Gasteiger partial charge in [0.1, 0.15) is 12.1 Å². The molecular weight excluding hydrogens is 292 g/mol. The van der Waals surface area contributed by atoms with E-state index in [0.717, 1.165) is 12.8 Å². The Hall–Kier alpha value is -0.920. The van der Waals surface area contributed by atoms with E-state index >= 15 is 0 Å². The highest BCUT2D eigenvalue weighted by Gasteiger charge is 2.24. The molecule has 0 aromatic rings. The second kappa shape index (κ2) is 12.4. The highest BCUT2D eigenvalue weighted by molar-refractivity contribution is 4.83. The fourth-order valence-electron chi connectivity index (χ4n) is 4.17. The average molecular weight is 331 g/mol. The molecule has 0 radical (unpaired) electrons. The Morgan fingerprint density at radius 3 is 1.33 bits per heavy atom. The molecule has 0 aromatic carbocycles. The van der Waals surface area contributed by atoms with Crippen molar-refractivity contribution >= 4 is 0 Å².